The van der Waals surface area contributed by atoms with Gasteiger partial charge >= 0.3 is 5.69 Å². The van der Waals surface area contributed by atoms with Crippen molar-refractivity contribution >= 4 is 11.4 Å². The van der Waals surface area contributed by atoms with Crippen molar-refractivity contribution in [1.29, 1.82) is 0 Å². The summed E-state index contributed by atoms with van der Waals surface area (Å²) in [5, 5.41) is 13.7. The van der Waals surface area contributed by atoms with Crippen molar-refractivity contribution in [2.75, 3.05) is 12.4 Å². The van der Waals surface area contributed by atoms with Gasteiger partial charge in [-0.2, -0.15) is 0 Å². The zero-order valence-corrected chi connectivity index (χ0v) is 12.1. The molecule has 1 heterocycles. The third kappa shape index (κ3) is 3.13. The Kier molecular flexibility index (Phi) is 4.42. The molecule has 0 aliphatic carbocycles. The van der Waals surface area contributed by atoms with E-state index in [1.165, 1.54) is 6.07 Å². The van der Waals surface area contributed by atoms with Crippen LogP contribution in [0.25, 0.3) is 0 Å². The number of nitrogens with one attached hydrogen (secondary N) is 1. The summed E-state index contributed by atoms with van der Waals surface area (Å²) in [4.78, 5) is 22.6. The molecule has 2 aromatic rings. The maximum Gasteiger partial charge on any atom is 0.328 e. The van der Waals surface area contributed by atoms with Gasteiger partial charge in [0.15, 0.2) is 0 Å². The average molecular weight is 290 g/mol. The number of nitrogens with zero attached hydrogens (tertiary/aromatic N) is 3. The normalized spacial score (nSPS) is 10.6. The minimum absolute atomic E-state index is 0.0251. The van der Waals surface area contributed by atoms with Crippen molar-refractivity contribution in [3.63, 3.8) is 0 Å². The number of nitro groups is 1. The van der Waals surface area contributed by atoms with Crippen LogP contribution in [0.15, 0.2) is 35.4 Å². The lowest BCUT2D eigenvalue weighted by Crippen LogP contribution is -2.24. The lowest BCUT2D eigenvalue weighted by Gasteiger charge is -2.06. The number of aromatic nitrogens is 2. The zero-order valence-electron chi connectivity index (χ0n) is 12.1. The van der Waals surface area contributed by atoms with Gasteiger partial charge in [0, 0.05) is 32.1 Å². The summed E-state index contributed by atoms with van der Waals surface area (Å²) in [7, 11) is 1.63. The first-order valence-corrected chi connectivity index (χ1v) is 6.77. The highest BCUT2D eigenvalue weighted by Crippen LogP contribution is 2.25. The van der Waals surface area contributed by atoms with Gasteiger partial charge in [-0.1, -0.05) is 13.0 Å². The quantitative estimate of drug-likeness (QED) is 0.652. The predicted molar refractivity (Wildman–Crippen MR) is 80.7 cm³/mol. The summed E-state index contributed by atoms with van der Waals surface area (Å²) in [6, 6.07) is 4.82. The number of imidazole rings is 1. The Morgan fingerprint density at radius 1 is 1.29 bits per heavy atom. The summed E-state index contributed by atoms with van der Waals surface area (Å²) < 4.78 is 3.25. The Hall–Kier alpha value is -2.57. The van der Waals surface area contributed by atoms with Gasteiger partial charge in [-0.15, -0.1) is 0 Å². The van der Waals surface area contributed by atoms with E-state index in [0.717, 1.165) is 12.0 Å². The Morgan fingerprint density at radius 2 is 2.00 bits per heavy atom. The maximum absolute atomic E-state index is 12.1. The predicted octanol–water partition coefficient (Wildman–Crippen LogP) is 2.06. The highest BCUT2D eigenvalue weighted by molar-refractivity contribution is 5.62. The van der Waals surface area contributed by atoms with E-state index in [9.17, 15) is 14.9 Å². The second-order valence-corrected chi connectivity index (χ2v) is 4.76. The van der Waals surface area contributed by atoms with E-state index in [1.54, 1.807) is 40.7 Å². The average Bonchev–Trinajstić information content (AvgIpc) is 2.80. The van der Waals surface area contributed by atoms with E-state index in [-0.39, 0.29) is 11.4 Å². The summed E-state index contributed by atoms with van der Waals surface area (Å²) >= 11 is 0. The van der Waals surface area contributed by atoms with Crippen LogP contribution in [-0.2, 0) is 13.1 Å². The fraction of sp³-hybridized carbons (Fsp3) is 0.357. The van der Waals surface area contributed by atoms with E-state index in [4.69, 9.17) is 0 Å². The van der Waals surface area contributed by atoms with Crippen molar-refractivity contribution in [2.45, 2.75) is 26.4 Å². The number of anilines is 1. The molecule has 1 aromatic carbocycles. The van der Waals surface area contributed by atoms with Gasteiger partial charge in [0.1, 0.15) is 5.69 Å². The van der Waals surface area contributed by atoms with Gasteiger partial charge in [-0.3, -0.25) is 19.2 Å². The maximum atomic E-state index is 12.1. The van der Waals surface area contributed by atoms with Gasteiger partial charge in [-0.25, -0.2) is 4.79 Å². The molecule has 0 aliphatic heterocycles. The van der Waals surface area contributed by atoms with E-state index in [0.29, 0.717) is 18.8 Å². The van der Waals surface area contributed by atoms with Gasteiger partial charge in [-0.05, 0) is 18.1 Å². The Bertz CT molecular complexity index is 702. The molecule has 0 radical (unpaired) electrons. The number of nitro benzene ring substituents is 1. The molecule has 7 heteroatoms. The standard InChI is InChI=1S/C14H18N4O3/c1-3-6-16-7-8-17(14(16)19)10-11-4-5-13(18(20)21)12(9-11)15-2/h4-5,7-9,15H,3,6,10H2,1-2H3. The first kappa shape index (κ1) is 14.8. The minimum atomic E-state index is -0.431. The van der Waals surface area contributed by atoms with Gasteiger partial charge in [0.05, 0.1) is 11.5 Å². The Labute approximate surface area is 122 Å². The zero-order chi connectivity index (χ0) is 15.4. The Morgan fingerprint density at radius 3 is 2.62 bits per heavy atom. The van der Waals surface area contributed by atoms with Crippen molar-refractivity contribution in [3.8, 4) is 0 Å². The fourth-order valence-electron chi connectivity index (χ4n) is 2.22. The van der Waals surface area contributed by atoms with E-state index in [1.807, 2.05) is 6.92 Å². The number of benzene rings is 1. The topological polar surface area (TPSA) is 82.1 Å². The molecule has 2 rings (SSSR count). The molecule has 21 heavy (non-hydrogen) atoms. The van der Waals surface area contributed by atoms with Crippen LogP contribution in [-0.4, -0.2) is 21.1 Å². The molecule has 0 bridgehead atoms. The summed E-state index contributed by atoms with van der Waals surface area (Å²) in [5.74, 6) is 0. The third-order valence-electron chi connectivity index (χ3n) is 3.26. The lowest BCUT2D eigenvalue weighted by molar-refractivity contribution is -0.383. The first-order valence-electron chi connectivity index (χ1n) is 6.77. The molecule has 112 valence electrons. The van der Waals surface area contributed by atoms with Crippen molar-refractivity contribution < 1.29 is 4.92 Å². The van der Waals surface area contributed by atoms with Crippen LogP contribution >= 0.6 is 0 Å². The van der Waals surface area contributed by atoms with Crippen LogP contribution in [0.2, 0.25) is 0 Å². The molecule has 0 atom stereocenters. The van der Waals surface area contributed by atoms with Gasteiger partial charge in [0.2, 0.25) is 0 Å². The number of rotatable bonds is 6. The van der Waals surface area contributed by atoms with Gasteiger partial charge in [0.25, 0.3) is 5.69 Å². The van der Waals surface area contributed by atoms with E-state index in [2.05, 4.69) is 5.32 Å². The van der Waals surface area contributed by atoms with Crippen LogP contribution in [0.4, 0.5) is 11.4 Å². The molecule has 7 nitrogen and oxygen atoms in total. The van der Waals surface area contributed by atoms with E-state index >= 15 is 0 Å². The Balaban J connectivity index is 2.28. The molecular weight excluding hydrogens is 272 g/mol. The lowest BCUT2D eigenvalue weighted by atomic mass is 10.1. The number of hydrogen-bond donors (Lipinski definition) is 1. The molecule has 0 unspecified atom stereocenters. The molecule has 0 saturated heterocycles. The summed E-state index contributed by atoms with van der Waals surface area (Å²) in [5.41, 5.74) is 1.23. The fourth-order valence-corrected chi connectivity index (χ4v) is 2.22. The molecule has 1 N–H and O–H groups in total. The molecule has 1 aromatic heterocycles. The monoisotopic (exact) mass is 290 g/mol. The van der Waals surface area contributed by atoms with Crippen LogP contribution in [0.5, 0.6) is 0 Å². The highest BCUT2D eigenvalue weighted by Gasteiger charge is 2.13. The van der Waals surface area contributed by atoms with Crippen molar-refractivity contribution in [3.05, 3.63) is 56.8 Å². The van der Waals surface area contributed by atoms with Crippen molar-refractivity contribution in [1.82, 2.24) is 9.13 Å². The van der Waals surface area contributed by atoms with Crippen LogP contribution < -0.4 is 11.0 Å². The molecule has 0 saturated carbocycles. The van der Waals surface area contributed by atoms with Gasteiger partial charge < -0.3 is 5.32 Å². The highest BCUT2D eigenvalue weighted by atomic mass is 16.6. The number of aryl methyl sites for hydroxylation is 1. The third-order valence-corrected chi connectivity index (χ3v) is 3.26. The van der Waals surface area contributed by atoms with E-state index < -0.39 is 4.92 Å². The molecule has 0 aliphatic rings. The smallest absolute Gasteiger partial charge is 0.328 e. The molecule has 0 amide bonds. The molecular formula is C14H18N4O3. The minimum Gasteiger partial charge on any atom is -0.383 e. The number of hydrogen-bond acceptors (Lipinski definition) is 4. The van der Waals surface area contributed by atoms with Crippen LogP contribution in [0.3, 0.4) is 0 Å². The van der Waals surface area contributed by atoms with Crippen molar-refractivity contribution in [2.24, 2.45) is 0 Å². The second-order valence-electron chi connectivity index (χ2n) is 4.76. The molecule has 0 fully saturated rings. The largest absolute Gasteiger partial charge is 0.383 e. The van der Waals surface area contributed by atoms with Crippen LogP contribution in [0.1, 0.15) is 18.9 Å². The summed E-state index contributed by atoms with van der Waals surface area (Å²) in [6.07, 6.45) is 4.39. The van der Waals surface area contributed by atoms with Crippen LogP contribution in [0, 0.1) is 10.1 Å². The first-order chi connectivity index (χ1) is 10.1. The summed E-state index contributed by atoms with van der Waals surface area (Å²) in [6.45, 7) is 3.09. The molecule has 0 spiro atoms. The second kappa shape index (κ2) is 6.25. The SMILES string of the molecule is CCCn1ccn(Cc2ccc([N+](=O)[O-])c(NC)c2)c1=O.